The lowest BCUT2D eigenvalue weighted by Crippen LogP contribution is -2.07. The molecule has 3 rings (SSSR count). The molecule has 1 saturated carbocycles. The summed E-state index contributed by atoms with van der Waals surface area (Å²) in [4.78, 5) is 0. The predicted octanol–water partition coefficient (Wildman–Crippen LogP) is 4.35. The third kappa shape index (κ3) is 2.98. The van der Waals surface area contributed by atoms with Crippen molar-refractivity contribution >= 4 is 17.3 Å². The molecule has 1 aliphatic rings. The summed E-state index contributed by atoms with van der Waals surface area (Å²) < 4.78 is 2.14. The van der Waals surface area contributed by atoms with Crippen LogP contribution in [0.4, 0.5) is 5.69 Å². The topological polar surface area (TPSA) is 29.9 Å². The van der Waals surface area contributed by atoms with E-state index in [4.69, 9.17) is 11.6 Å². The van der Waals surface area contributed by atoms with E-state index in [2.05, 4.69) is 33.4 Å². The molecule has 0 radical (unpaired) electrons. The standard InChI is InChI=1S/C16H20ClN3/c17-11-13-5-1-4-8-16(13)18-12-14-9-10-20(19-14)15-6-2-3-7-15/h1,4-5,8-10,15,18H,2-3,6-7,11-12H2. The molecule has 0 bridgehead atoms. The maximum absolute atomic E-state index is 5.94. The number of benzene rings is 1. The fourth-order valence-electron chi connectivity index (χ4n) is 2.84. The Hall–Kier alpha value is -1.48. The number of rotatable bonds is 5. The number of anilines is 1. The Morgan fingerprint density at radius 1 is 1.20 bits per heavy atom. The van der Waals surface area contributed by atoms with Crippen LogP contribution in [-0.2, 0) is 12.4 Å². The molecule has 3 nitrogen and oxygen atoms in total. The Morgan fingerprint density at radius 2 is 2.00 bits per heavy atom. The van der Waals surface area contributed by atoms with Crippen LogP contribution in [0, 0.1) is 0 Å². The predicted molar refractivity (Wildman–Crippen MR) is 83.1 cm³/mol. The van der Waals surface area contributed by atoms with Gasteiger partial charge in [-0.1, -0.05) is 31.0 Å². The highest BCUT2D eigenvalue weighted by Gasteiger charge is 2.17. The van der Waals surface area contributed by atoms with Crippen molar-refractivity contribution in [3.05, 3.63) is 47.8 Å². The second-order valence-electron chi connectivity index (χ2n) is 5.37. The van der Waals surface area contributed by atoms with Crippen molar-refractivity contribution < 1.29 is 0 Å². The lowest BCUT2D eigenvalue weighted by molar-refractivity contribution is 0.463. The van der Waals surface area contributed by atoms with Crippen molar-refractivity contribution in [1.29, 1.82) is 0 Å². The van der Waals surface area contributed by atoms with Crippen LogP contribution in [0.25, 0.3) is 0 Å². The number of alkyl halides is 1. The summed E-state index contributed by atoms with van der Waals surface area (Å²) >= 11 is 5.94. The number of aromatic nitrogens is 2. The summed E-state index contributed by atoms with van der Waals surface area (Å²) in [6.07, 6.45) is 7.32. The van der Waals surface area contributed by atoms with Gasteiger partial charge in [-0.05, 0) is 30.5 Å². The molecular weight excluding hydrogens is 270 g/mol. The molecule has 0 saturated heterocycles. The van der Waals surface area contributed by atoms with Gasteiger partial charge in [0.05, 0.1) is 18.3 Å². The minimum absolute atomic E-state index is 0.527. The smallest absolute Gasteiger partial charge is 0.0815 e. The number of para-hydroxylation sites is 1. The van der Waals surface area contributed by atoms with Gasteiger partial charge in [-0.15, -0.1) is 11.6 Å². The van der Waals surface area contributed by atoms with Crippen LogP contribution in [0.3, 0.4) is 0 Å². The molecule has 1 N–H and O–H groups in total. The van der Waals surface area contributed by atoms with Gasteiger partial charge in [0, 0.05) is 17.8 Å². The molecule has 1 heterocycles. The average molecular weight is 290 g/mol. The maximum atomic E-state index is 5.94. The third-order valence-electron chi connectivity index (χ3n) is 3.98. The van der Waals surface area contributed by atoms with Gasteiger partial charge in [-0.2, -0.15) is 5.10 Å². The van der Waals surface area contributed by atoms with Gasteiger partial charge >= 0.3 is 0 Å². The SMILES string of the molecule is ClCc1ccccc1NCc1ccn(C2CCCC2)n1. The number of halogens is 1. The average Bonchev–Trinajstić information content (AvgIpc) is 3.16. The first-order valence-electron chi connectivity index (χ1n) is 7.28. The van der Waals surface area contributed by atoms with Gasteiger partial charge in [0.2, 0.25) is 0 Å². The molecule has 0 atom stereocenters. The van der Waals surface area contributed by atoms with Crippen molar-refractivity contribution in [2.45, 2.75) is 44.1 Å². The first-order chi connectivity index (χ1) is 9.86. The van der Waals surface area contributed by atoms with Crippen LogP contribution < -0.4 is 5.32 Å². The molecule has 1 fully saturated rings. The van der Waals surface area contributed by atoms with Crippen molar-refractivity contribution in [3.63, 3.8) is 0 Å². The zero-order chi connectivity index (χ0) is 13.8. The van der Waals surface area contributed by atoms with Gasteiger partial charge in [0.15, 0.2) is 0 Å². The molecule has 106 valence electrons. The van der Waals surface area contributed by atoms with Crippen LogP contribution in [0.2, 0.25) is 0 Å². The van der Waals surface area contributed by atoms with Crippen molar-refractivity contribution in [3.8, 4) is 0 Å². The molecule has 0 spiro atoms. The molecule has 20 heavy (non-hydrogen) atoms. The minimum atomic E-state index is 0.527. The Balaban J connectivity index is 1.63. The number of nitrogens with one attached hydrogen (secondary N) is 1. The van der Waals surface area contributed by atoms with Crippen LogP contribution >= 0.6 is 11.6 Å². The molecule has 0 aliphatic heterocycles. The molecule has 1 aromatic carbocycles. The molecule has 4 heteroatoms. The van der Waals surface area contributed by atoms with Gasteiger partial charge in [0.25, 0.3) is 0 Å². The Morgan fingerprint density at radius 3 is 2.80 bits per heavy atom. The van der Waals surface area contributed by atoms with Gasteiger partial charge in [-0.25, -0.2) is 0 Å². The van der Waals surface area contributed by atoms with E-state index in [1.807, 2.05) is 18.2 Å². The van der Waals surface area contributed by atoms with E-state index in [9.17, 15) is 0 Å². The monoisotopic (exact) mass is 289 g/mol. The Labute approximate surface area is 124 Å². The minimum Gasteiger partial charge on any atom is -0.379 e. The highest BCUT2D eigenvalue weighted by Crippen LogP contribution is 2.28. The summed E-state index contributed by atoms with van der Waals surface area (Å²) in [5, 5.41) is 8.11. The quantitative estimate of drug-likeness (QED) is 0.829. The van der Waals surface area contributed by atoms with E-state index in [1.54, 1.807) is 0 Å². The summed E-state index contributed by atoms with van der Waals surface area (Å²) in [6.45, 7) is 0.744. The summed E-state index contributed by atoms with van der Waals surface area (Å²) in [5.74, 6) is 0.527. The molecule has 0 unspecified atom stereocenters. The Bertz CT molecular complexity index is 558. The molecular formula is C16H20ClN3. The van der Waals surface area contributed by atoms with E-state index >= 15 is 0 Å². The lowest BCUT2D eigenvalue weighted by atomic mass is 10.2. The Kier molecular flexibility index (Phi) is 4.26. The highest BCUT2D eigenvalue weighted by molar-refractivity contribution is 6.17. The summed E-state index contributed by atoms with van der Waals surface area (Å²) in [7, 11) is 0. The summed E-state index contributed by atoms with van der Waals surface area (Å²) in [5.41, 5.74) is 3.31. The summed E-state index contributed by atoms with van der Waals surface area (Å²) in [6, 6.07) is 10.9. The van der Waals surface area contributed by atoms with Crippen molar-refractivity contribution in [2.24, 2.45) is 0 Å². The molecule has 1 aliphatic carbocycles. The maximum Gasteiger partial charge on any atom is 0.0815 e. The zero-order valence-corrected chi connectivity index (χ0v) is 12.3. The van der Waals surface area contributed by atoms with Crippen LogP contribution in [0.1, 0.15) is 43.0 Å². The van der Waals surface area contributed by atoms with Gasteiger partial charge < -0.3 is 5.32 Å². The first kappa shape index (κ1) is 13.5. The van der Waals surface area contributed by atoms with Crippen LogP contribution in [0.15, 0.2) is 36.5 Å². The fourth-order valence-corrected chi connectivity index (χ4v) is 3.07. The van der Waals surface area contributed by atoms with Crippen molar-refractivity contribution in [2.75, 3.05) is 5.32 Å². The van der Waals surface area contributed by atoms with E-state index in [-0.39, 0.29) is 0 Å². The van der Waals surface area contributed by atoms with E-state index in [0.29, 0.717) is 11.9 Å². The second kappa shape index (κ2) is 6.31. The zero-order valence-electron chi connectivity index (χ0n) is 11.6. The largest absolute Gasteiger partial charge is 0.379 e. The van der Waals surface area contributed by atoms with Gasteiger partial charge in [0.1, 0.15) is 0 Å². The normalized spacial score (nSPS) is 15.7. The highest BCUT2D eigenvalue weighted by atomic mass is 35.5. The van der Waals surface area contributed by atoms with E-state index in [1.165, 1.54) is 25.7 Å². The fraction of sp³-hybridized carbons (Fsp3) is 0.438. The lowest BCUT2D eigenvalue weighted by Gasteiger charge is -2.10. The number of nitrogens with zero attached hydrogens (tertiary/aromatic N) is 2. The van der Waals surface area contributed by atoms with Crippen LogP contribution in [-0.4, -0.2) is 9.78 Å². The van der Waals surface area contributed by atoms with E-state index in [0.717, 1.165) is 23.5 Å². The second-order valence-corrected chi connectivity index (χ2v) is 5.64. The van der Waals surface area contributed by atoms with Crippen molar-refractivity contribution in [1.82, 2.24) is 9.78 Å². The number of hydrogen-bond donors (Lipinski definition) is 1. The third-order valence-corrected chi connectivity index (χ3v) is 4.27. The van der Waals surface area contributed by atoms with Gasteiger partial charge in [-0.3, -0.25) is 4.68 Å². The first-order valence-corrected chi connectivity index (χ1v) is 7.82. The van der Waals surface area contributed by atoms with Crippen LogP contribution in [0.5, 0.6) is 0 Å². The molecule has 0 amide bonds. The van der Waals surface area contributed by atoms with E-state index < -0.39 is 0 Å². The molecule has 1 aromatic heterocycles. The molecule has 2 aromatic rings. The number of hydrogen-bond acceptors (Lipinski definition) is 2.